The van der Waals surface area contributed by atoms with Crippen LogP contribution in [-0.4, -0.2) is 19.6 Å². The topological polar surface area (TPSA) is 38.0 Å². The summed E-state index contributed by atoms with van der Waals surface area (Å²) in [6, 6.07) is 7.80. The number of nitrogens with two attached hydrogens (primary N) is 1. The number of nitrogens with one attached hydrogen (secondary N) is 1. The third-order valence-corrected chi connectivity index (χ3v) is 3.75. The Labute approximate surface area is 102 Å². The van der Waals surface area contributed by atoms with Crippen molar-refractivity contribution in [3.05, 3.63) is 35.4 Å². The Morgan fingerprint density at radius 3 is 3.00 bits per heavy atom. The van der Waals surface area contributed by atoms with Crippen molar-refractivity contribution in [2.45, 2.75) is 25.4 Å². The third-order valence-electron chi connectivity index (χ3n) is 3.75. The quantitative estimate of drug-likeness (QED) is 0.839. The highest BCUT2D eigenvalue weighted by Gasteiger charge is 2.37. The van der Waals surface area contributed by atoms with Gasteiger partial charge in [-0.1, -0.05) is 24.3 Å². The molecule has 1 aliphatic rings. The van der Waals surface area contributed by atoms with Crippen LogP contribution in [0.3, 0.4) is 0 Å². The molecule has 94 valence electrons. The predicted molar refractivity (Wildman–Crippen MR) is 68.6 cm³/mol. The van der Waals surface area contributed by atoms with E-state index in [4.69, 9.17) is 5.73 Å². The van der Waals surface area contributed by atoms with Gasteiger partial charge in [0, 0.05) is 12.5 Å². The fraction of sp³-hybridized carbons (Fsp3) is 0.571. The Hall–Kier alpha value is -0.930. The second-order valence-electron chi connectivity index (χ2n) is 5.00. The summed E-state index contributed by atoms with van der Waals surface area (Å²) in [5.74, 6) is 0.0793. The Kier molecular flexibility index (Phi) is 3.79. The zero-order valence-electron chi connectivity index (χ0n) is 10.4. The number of halogens is 1. The van der Waals surface area contributed by atoms with E-state index in [1.807, 2.05) is 24.3 Å². The van der Waals surface area contributed by atoms with Crippen molar-refractivity contribution < 1.29 is 4.39 Å². The van der Waals surface area contributed by atoms with Gasteiger partial charge in [0.05, 0.1) is 0 Å². The van der Waals surface area contributed by atoms with Crippen molar-refractivity contribution in [1.29, 1.82) is 0 Å². The van der Waals surface area contributed by atoms with Crippen LogP contribution in [0.5, 0.6) is 0 Å². The number of rotatable bonds is 4. The van der Waals surface area contributed by atoms with E-state index in [9.17, 15) is 4.39 Å². The molecule has 0 radical (unpaired) electrons. The molecule has 0 saturated carbocycles. The molecule has 0 amide bonds. The molecule has 3 heteroatoms. The SMILES string of the molecule is CC(F)(c1cccc(CCN)c1)C1CCNC1. The van der Waals surface area contributed by atoms with Crippen molar-refractivity contribution in [3.63, 3.8) is 0 Å². The molecule has 2 atom stereocenters. The van der Waals surface area contributed by atoms with E-state index in [0.29, 0.717) is 6.54 Å². The van der Waals surface area contributed by atoms with Gasteiger partial charge >= 0.3 is 0 Å². The lowest BCUT2D eigenvalue weighted by molar-refractivity contribution is 0.112. The molecule has 1 aliphatic heterocycles. The summed E-state index contributed by atoms with van der Waals surface area (Å²) in [7, 11) is 0. The van der Waals surface area contributed by atoms with E-state index < -0.39 is 5.67 Å². The van der Waals surface area contributed by atoms with Gasteiger partial charge < -0.3 is 11.1 Å². The molecule has 1 aromatic rings. The van der Waals surface area contributed by atoms with Crippen LogP contribution in [-0.2, 0) is 12.1 Å². The summed E-state index contributed by atoms with van der Waals surface area (Å²) in [4.78, 5) is 0. The minimum absolute atomic E-state index is 0.0793. The molecule has 0 bridgehead atoms. The van der Waals surface area contributed by atoms with E-state index in [2.05, 4.69) is 5.32 Å². The van der Waals surface area contributed by atoms with E-state index in [1.54, 1.807) is 6.92 Å². The van der Waals surface area contributed by atoms with Crippen LogP contribution in [0.2, 0.25) is 0 Å². The summed E-state index contributed by atoms with van der Waals surface area (Å²) in [6.07, 6.45) is 1.72. The van der Waals surface area contributed by atoms with Crippen molar-refractivity contribution in [1.82, 2.24) is 5.32 Å². The summed E-state index contributed by atoms with van der Waals surface area (Å²) in [6.45, 7) is 4.00. The van der Waals surface area contributed by atoms with Crippen LogP contribution in [0.1, 0.15) is 24.5 Å². The van der Waals surface area contributed by atoms with Crippen molar-refractivity contribution >= 4 is 0 Å². The molecule has 2 nitrogen and oxygen atoms in total. The maximum absolute atomic E-state index is 14.9. The van der Waals surface area contributed by atoms with Crippen LogP contribution in [0.4, 0.5) is 4.39 Å². The average Bonchev–Trinajstić information content (AvgIpc) is 2.84. The number of alkyl halides is 1. The van der Waals surface area contributed by atoms with Crippen LogP contribution in [0, 0.1) is 5.92 Å². The maximum atomic E-state index is 14.9. The zero-order chi connectivity index (χ0) is 12.3. The highest BCUT2D eigenvalue weighted by atomic mass is 19.1. The van der Waals surface area contributed by atoms with Gasteiger partial charge in [-0.3, -0.25) is 0 Å². The summed E-state index contributed by atoms with van der Waals surface area (Å²) in [5, 5.41) is 3.23. The first kappa shape index (κ1) is 12.5. The number of hydrogen-bond acceptors (Lipinski definition) is 2. The summed E-state index contributed by atoms with van der Waals surface area (Å²) >= 11 is 0. The van der Waals surface area contributed by atoms with Crippen LogP contribution in [0.25, 0.3) is 0 Å². The second kappa shape index (κ2) is 5.15. The normalized spacial score (nSPS) is 23.6. The van der Waals surface area contributed by atoms with Gasteiger partial charge in [0.2, 0.25) is 0 Å². The molecule has 1 fully saturated rings. The molecule has 0 aliphatic carbocycles. The lowest BCUT2D eigenvalue weighted by atomic mass is 9.83. The highest BCUT2D eigenvalue weighted by molar-refractivity contribution is 5.29. The lowest BCUT2D eigenvalue weighted by Crippen LogP contribution is -2.29. The van der Waals surface area contributed by atoms with Crippen molar-refractivity contribution in [3.8, 4) is 0 Å². The maximum Gasteiger partial charge on any atom is 0.137 e. The molecule has 2 unspecified atom stereocenters. The Morgan fingerprint density at radius 2 is 2.35 bits per heavy atom. The largest absolute Gasteiger partial charge is 0.330 e. The van der Waals surface area contributed by atoms with E-state index in [-0.39, 0.29) is 5.92 Å². The average molecular weight is 236 g/mol. The minimum atomic E-state index is -1.24. The smallest absolute Gasteiger partial charge is 0.137 e. The van der Waals surface area contributed by atoms with Crippen LogP contribution >= 0.6 is 0 Å². The fourth-order valence-electron chi connectivity index (χ4n) is 2.55. The first-order valence-electron chi connectivity index (χ1n) is 6.33. The van der Waals surface area contributed by atoms with Crippen LogP contribution in [0.15, 0.2) is 24.3 Å². The van der Waals surface area contributed by atoms with Gasteiger partial charge in [-0.15, -0.1) is 0 Å². The molecule has 1 saturated heterocycles. The molecule has 0 spiro atoms. The summed E-state index contributed by atoms with van der Waals surface area (Å²) < 4.78 is 14.9. The third kappa shape index (κ3) is 2.67. The van der Waals surface area contributed by atoms with Gasteiger partial charge in [-0.2, -0.15) is 0 Å². The Balaban J connectivity index is 2.22. The molecule has 0 aromatic heterocycles. The molecular formula is C14H21FN2. The standard InChI is InChI=1S/C14H21FN2/c1-14(15,13-6-8-17-10-13)12-4-2-3-11(9-12)5-7-16/h2-4,9,13,17H,5-8,10,16H2,1H3. The minimum Gasteiger partial charge on any atom is -0.330 e. The highest BCUT2D eigenvalue weighted by Crippen LogP contribution is 2.37. The van der Waals surface area contributed by atoms with Crippen molar-refractivity contribution in [2.75, 3.05) is 19.6 Å². The summed E-state index contributed by atoms with van der Waals surface area (Å²) in [5.41, 5.74) is 6.21. The zero-order valence-corrected chi connectivity index (χ0v) is 10.4. The number of hydrogen-bond donors (Lipinski definition) is 2. The van der Waals surface area contributed by atoms with Crippen LogP contribution < -0.4 is 11.1 Å². The Bertz CT molecular complexity index is 370. The van der Waals surface area contributed by atoms with Gasteiger partial charge in [0.15, 0.2) is 0 Å². The molecule has 3 N–H and O–H groups in total. The van der Waals surface area contributed by atoms with Gasteiger partial charge in [0.25, 0.3) is 0 Å². The predicted octanol–water partition coefficient (Wildman–Crippen LogP) is 1.98. The van der Waals surface area contributed by atoms with Gasteiger partial charge in [-0.05, 0) is 44.0 Å². The Morgan fingerprint density at radius 1 is 1.53 bits per heavy atom. The van der Waals surface area contributed by atoms with E-state index in [1.165, 1.54) is 0 Å². The van der Waals surface area contributed by atoms with Gasteiger partial charge in [-0.25, -0.2) is 4.39 Å². The molecule has 2 rings (SSSR count). The second-order valence-corrected chi connectivity index (χ2v) is 5.00. The molecule has 1 aromatic carbocycles. The van der Waals surface area contributed by atoms with E-state index in [0.717, 1.165) is 37.1 Å². The lowest BCUT2D eigenvalue weighted by Gasteiger charge is -2.27. The number of benzene rings is 1. The van der Waals surface area contributed by atoms with Gasteiger partial charge in [0.1, 0.15) is 5.67 Å². The molecule has 17 heavy (non-hydrogen) atoms. The first-order valence-corrected chi connectivity index (χ1v) is 6.33. The molecular weight excluding hydrogens is 215 g/mol. The van der Waals surface area contributed by atoms with Crippen molar-refractivity contribution in [2.24, 2.45) is 11.7 Å². The first-order chi connectivity index (χ1) is 8.14. The fourth-order valence-corrected chi connectivity index (χ4v) is 2.55. The molecule has 1 heterocycles. The monoisotopic (exact) mass is 236 g/mol. The van der Waals surface area contributed by atoms with E-state index >= 15 is 0 Å².